The van der Waals surface area contributed by atoms with Crippen LogP contribution in [-0.4, -0.2) is 40.9 Å². The summed E-state index contributed by atoms with van der Waals surface area (Å²) in [6.07, 6.45) is 0.733. The van der Waals surface area contributed by atoms with Gasteiger partial charge in [-0.3, -0.25) is 9.79 Å². The first-order valence-electron chi connectivity index (χ1n) is 10.5. The first-order valence-corrected chi connectivity index (χ1v) is 12.6. The zero-order valence-electron chi connectivity index (χ0n) is 18.3. The number of aryl methyl sites for hydroxylation is 1. The Kier molecular flexibility index (Phi) is 6.93. The first kappa shape index (κ1) is 23.9. The average Bonchev–Trinajstić information content (AvgIpc) is 3.11. The third-order valence-corrected chi connectivity index (χ3v) is 7.57. The van der Waals surface area contributed by atoms with Gasteiger partial charge in [-0.1, -0.05) is 30.1 Å². The van der Waals surface area contributed by atoms with Crippen molar-refractivity contribution < 1.29 is 18.0 Å². The molecule has 1 N–H and O–H groups in total. The van der Waals surface area contributed by atoms with Crippen LogP contribution in [0.15, 0.2) is 57.8 Å². The maximum atomic E-state index is 13.0. The zero-order valence-corrected chi connectivity index (χ0v) is 19.9. The van der Waals surface area contributed by atoms with E-state index in [4.69, 9.17) is 0 Å². The summed E-state index contributed by atoms with van der Waals surface area (Å²) in [4.78, 5) is 18.5. The van der Waals surface area contributed by atoms with Gasteiger partial charge in [-0.05, 0) is 72.9 Å². The molecule has 0 unspecified atom stereocenters. The van der Waals surface area contributed by atoms with Crippen LogP contribution in [0.25, 0.3) is 6.08 Å². The summed E-state index contributed by atoms with van der Waals surface area (Å²) in [5, 5.41) is 4.75. The second kappa shape index (κ2) is 9.56. The lowest BCUT2D eigenvalue weighted by molar-refractivity contribution is -0.137. The molecule has 4 rings (SSSR count). The molecule has 1 saturated heterocycles. The number of carbonyl (C=O) groups excluding carboxylic acids is 1. The fourth-order valence-corrected chi connectivity index (χ4v) is 5.22. The van der Waals surface area contributed by atoms with Crippen LogP contribution in [0.3, 0.4) is 0 Å². The van der Waals surface area contributed by atoms with Crippen molar-refractivity contribution >= 4 is 41.5 Å². The molecule has 0 radical (unpaired) electrons. The van der Waals surface area contributed by atoms with Gasteiger partial charge in [-0.15, -0.1) is 11.8 Å². The molecule has 0 bridgehead atoms. The highest BCUT2D eigenvalue weighted by Gasteiger charge is 2.46. The number of amidine groups is 1. The normalized spacial score (nSPS) is 18.7. The van der Waals surface area contributed by atoms with Crippen molar-refractivity contribution in [2.45, 2.75) is 36.4 Å². The van der Waals surface area contributed by atoms with E-state index in [0.717, 1.165) is 12.1 Å². The van der Waals surface area contributed by atoms with Crippen LogP contribution in [-0.2, 0) is 11.0 Å². The highest BCUT2D eigenvalue weighted by molar-refractivity contribution is 8.00. The zero-order chi connectivity index (χ0) is 23.6. The summed E-state index contributed by atoms with van der Waals surface area (Å²) in [5.41, 5.74) is 0.996. The number of thioether (sulfide) groups is 1. The van der Waals surface area contributed by atoms with Gasteiger partial charge < -0.3 is 5.32 Å². The van der Waals surface area contributed by atoms with Crippen molar-refractivity contribution in [3.05, 3.63) is 70.1 Å². The van der Waals surface area contributed by atoms with Gasteiger partial charge in [0.15, 0.2) is 0 Å². The minimum absolute atomic E-state index is 0.219. The Morgan fingerprint density at radius 3 is 2.58 bits per heavy atom. The number of nitrogens with one attached hydrogen (secondary N) is 1. The smallest absolute Gasteiger partial charge is 0.308 e. The number of hydrogen-bond donors (Lipinski definition) is 1. The molecule has 33 heavy (non-hydrogen) atoms. The monoisotopic (exact) mass is 491 g/mol. The maximum Gasteiger partial charge on any atom is 0.416 e. The van der Waals surface area contributed by atoms with Crippen LogP contribution in [0, 0.1) is 6.92 Å². The predicted molar refractivity (Wildman–Crippen MR) is 129 cm³/mol. The Balaban J connectivity index is 1.39. The maximum absolute atomic E-state index is 13.0. The van der Waals surface area contributed by atoms with Gasteiger partial charge in [0, 0.05) is 23.5 Å². The van der Waals surface area contributed by atoms with Crippen molar-refractivity contribution in [3.63, 3.8) is 0 Å². The van der Waals surface area contributed by atoms with E-state index < -0.39 is 17.3 Å². The van der Waals surface area contributed by atoms with Crippen molar-refractivity contribution in [2.75, 3.05) is 19.3 Å². The standard InChI is InChI=1S/C24H24F3N3OS2/c1-16-14-20(32-2)7-6-17(16)8-13-33-30-11-9-23(10-12-30)22(31)28-21(29-23)18-4-3-5-19(15-18)24(25,26)27/h3-8,13-15H,9-12H2,1-2H3,(H,28,29,31)/b13-8+. The minimum Gasteiger partial charge on any atom is -0.308 e. The topological polar surface area (TPSA) is 44.7 Å². The molecular formula is C24H24F3N3OS2. The van der Waals surface area contributed by atoms with E-state index in [9.17, 15) is 18.0 Å². The lowest BCUT2D eigenvalue weighted by Gasteiger charge is -2.34. The van der Waals surface area contributed by atoms with Gasteiger partial charge in [0.25, 0.3) is 5.91 Å². The van der Waals surface area contributed by atoms with Crippen LogP contribution in [0.1, 0.15) is 35.1 Å². The highest BCUT2D eigenvalue weighted by Crippen LogP contribution is 2.35. The number of carbonyl (C=O) groups is 1. The summed E-state index contributed by atoms with van der Waals surface area (Å²) in [6.45, 7) is 3.41. The minimum atomic E-state index is -4.44. The van der Waals surface area contributed by atoms with Gasteiger partial charge in [-0.25, -0.2) is 4.31 Å². The fourth-order valence-electron chi connectivity index (χ4n) is 3.95. The van der Waals surface area contributed by atoms with Gasteiger partial charge in [0.1, 0.15) is 11.4 Å². The van der Waals surface area contributed by atoms with Gasteiger partial charge in [0.2, 0.25) is 0 Å². The van der Waals surface area contributed by atoms with E-state index in [-0.39, 0.29) is 17.3 Å². The number of halogens is 3. The van der Waals surface area contributed by atoms with E-state index in [1.807, 2.05) is 5.41 Å². The van der Waals surface area contributed by atoms with E-state index >= 15 is 0 Å². The Labute approximate surface area is 199 Å². The summed E-state index contributed by atoms with van der Waals surface area (Å²) in [5.74, 6) is -0.0177. The van der Waals surface area contributed by atoms with Gasteiger partial charge in [0.05, 0.1) is 5.56 Å². The number of nitrogens with zero attached hydrogens (tertiary/aromatic N) is 2. The van der Waals surface area contributed by atoms with Crippen LogP contribution < -0.4 is 5.32 Å². The SMILES string of the molecule is CSc1ccc(/C=C/SN2CCC3(CC2)N=C(c2cccc(C(F)(F)F)c2)NC3=O)c(C)c1. The summed E-state index contributed by atoms with van der Waals surface area (Å²) in [6, 6.07) is 11.3. The van der Waals surface area contributed by atoms with E-state index in [2.05, 4.69) is 52.1 Å². The molecule has 2 aromatic carbocycles. The molecule has 2 aliphatic rings. The summed E-state index contributed by atoms with van der Waals surface area (Å²) < 4.78 is 41.3. The largest absolute Gasteiger partial charge is 0.416 e. The Hall–Kier alpha value is -2.23. The number of amides is 1. The van der Waals surface area contributed by atoms with Crippen molar-refractivity contribution in [3.8, 4) is 0 Å². The van der Waals surface area contributed by atoms with E-state index in [1.165, 1.54) is 28.2 Å². The number of hydrogen-bond acceptors (Lipinski definition) is 5. The second-order valence-electron chi connectivity index (χ2n) is 8.08. The lowest BCUT2D eigenvalue weighted by atomic mass is 9.89. The molecule has 1 spiro atoms. The molecule has 0 saturated carbocycles. The van der Waals surface area contributed by atoms with Crippen LogP contribution in [0.4, 0.5) is 13.2 Å². The van der Waals surface area contributed by atoms with E-state index in [1.54, 1.807) is 23.7 Å². The first-order chi connectivity index (χ1) is 15.7. The van der Waals surface area contributed by atoms with Crippen LogP contribution in [0.2, 0.25) is 0 Å². The molecule has 174 valence electrons. The molecule has 0 atom stereocenters. The molecule has 9 heteroatoms. The summed E-state index contributed by atoms with van der Waals surface area (Å²) in [7, 11) is 0. The number of aliphatic imine (C=N–C) groups is 1. The quantitative estimate of drug-likeness (QED) is 0.426. The molecule has 4 nitrogen and oxygen atoms in total. The number of rotatable bonds is 5. The molecule has 2 aromatic rings. The Morgan fingerprint density at radius 1 is 1.15 bits per heavy atom. The predicted octanol–water partition coefficient (Wildman–Crippen LogP) is 5.77. The third-order valence-electron chi connectivity index (χ3n) is 5.93. The van der Waals surface area contributed by atoms with Crippen molar-refractivity contribution in [1.82, 2.24) is 9.62 Å². The van der Waals surface area contributed by atoms with E-state index in [0.29, 0.717) is 25.9 Å². The lowest BCUT2D eigenvalue weighted by Crippen LogP contribution is -2.47. The molecule has 0 aromatic heterocycles. The highest BCUT2D eigenvalue weighted by atomic mass is 32.2. The molecular weight excluding hydrogens is 467 g/mol. The fraction of sp³-hybridized carbons (Fsp3) is 0.333. The van der Waals surface area contributed by atoms with Crippen LogP contribution >= 0.6 is 23.7 Å². The second-order valence-corrected chi connectivity index (χ2v) is 9.96. The molecule has 2 aliphatic heterocycles. The van der Waals surface area contributed by atoms with Crippen molar-refractivity contribution in [1.29, 1.82) is 0 Å². The third kappa shape index (κ3) is 5.31. The number of benzene rings is 2. The average molecular weight is 492 g/mol. The van der Waals surface area contributed by atoms with Gasteiger partial charge in [-0.2, -0.15) is 13.2 Å². The Morgan fingerprint density at radius 2 is 1.91 bits per heavy atom. The van der Waals surface area contributed by atoms with Crippen LogP contribution in [0.5, 0.6) is 0 Å². The Bertz CT molecular complexity index is 1110. The number of piperidine rings is 1. The summed E-state index contributed by atoms with van der Waals surface area (Å²) >= 11 is 3.32. The van der Waals surface area contributed by atoms with Gasteiger partial charge >= 0.3 is 6.18 Å². The molecule has 2 heterocycles. The molecule has 1 amide bonds. The molecule has 0 aliphatic carbocycles. The molecule has 1 fully saturated rings. The number of alkyl halides is 3. The van der Waals surface area contributed by atoms with Crippen molar-refractivity contribution in [2.24, 2.45) is 4.99 Å².